The number of carbonyl (C=O) groups excluding carboxylic acids is 1. The van der Waals surface area contributed by atoms with Crippen LogP contribution in [0.15, 0.2) is 24.3 Å². The molecule has 0 fully saturated rings. The van der Waals surface area contributed by atoms with Gasteiger partial charge in [0.15, 0.2) is 5.78 Å². The third-order valence-corrected chi connectivity index (χ3v) is 2.27. The number of alkyl halides is 4. The normalized spacial score (nSPS) is 13.7. The van der Waals surface area contributed by atoms with Crippen molar-refractivity contribution < 1.29 is 18.0 Å². The van der Waals surface area contributed by atoms with Gasteiger partial charge in [-0.3, -0.25) is 4.79 Å². The van der Waals surface area contributed by atoms with Crippen LogP contribution in [-0.2, 0) is 6.18 Å². The molecule has 1 aromatic rings. The molecule has 1 atom stereocenters. The average Bonchev–Trinajstić information content (AvgIpc) is 2.15. The second-order valence-electron chi connectivity index (χ2n) is 3.06. The highest BCUT2D eigenvalue weighted by molar-refractivity contribution is 9.10. The summed E-state index contributed by atoms with van der Waals surface area (Å²) in [6.45, 7) is 1.63. The molecule has 0 heterocycles. The second kappa shape index (κ2) is 4.35. The number of hydrogen-bond donors (Lipinski definition) is 0. The lowest BCUT2D eigenvalue weighted by Gasteiger charge is -2.07. The molecular weight excluding hydrogens is 273 g/mol. The zero-order valence-electron chi connectivity index (χ0n) is 7.81. The fourth-order valence-electron chi connectivity index (χ4n) is 1.05. The first kappa shape index (κ1) is 12.2. The third kappa shape index (κ3) is 3.06. The molecule has 0 bridgehead atoms. The summed E-state index contributed by atoms with van der Waals surface area (Å²) in [4.78, 5) is 11.0. The first-order valence-corrected chi connectivity index (χ1v) is 5.09. The largest absolute Gasteiger partial charge is 0.416 e. The highest BCUT2D eigenvalue weighted by Crippen LogP contribution is 2.29. The lowest BCUT2D eigenvalue weighted by molar-refractivity contribution is -0.137. The predicted octanol–water partition coefficient (Wildman–Crippen LogP) is 3.67. The van der Waals surface area contributed by atoms with Gasteiger partial charge in [-0.2, -0.15) is 13.2 Å². The van der Waals surface area contributed by atoms with E-state index < -0.39 is 16.6 Å². The monoisotopic (exact) mass is 280 g/mol. The number of ketones is 1. The van der Waals surface area contributed by atoms with E-state index in [2.05, 4.69) is 15.9 Å². The highest BCUT2D eigenvalue weighted by Gasteiger charge is 2.30. The van der Waals surface area contributed by atoms with E-state index in [0.717, 1.165) is 12.1 Å². The van der Waals surface area contributed by atoms with Gasteiger partial charge in [0, 0.05) is 5.56 Å². The quantitative estimate of drug-likeness (QED) is 0.597. The second-order valence-corrected chi connectivity index (χ2v) is 4.43. The van der Waals surface area contributed by atoms with E-state index in [1.165, 1.54) is 12.1 Å². The van der Waals surface area contributed by atoms with Gasteiger partial charge in [0.1, 0.15) is 0 Å². The van der Waals surface area contributed by atoms with Crippen molar-refractivity contribution in [2.75, 3.05) is 0 Å². The van der Waals surface area contributed by atoms with Crippen LogP contribution >= 0.6 is 15.9 Å². The van der Waals surface area contributed by atoms with Crippen LogP contribution < -0.4 is 0 Å². The van der Waals surface area contributed by atoms with E-state index in [1.54, 1.807) is 6.92 Å². The van der Waals surface area contributed by atoms with Crippen molar-refractivity contribution in [3.8, 4) is 0 Å². The molecule has 1 rings (SSSR count). The average molecular weight is 281 g/mol. The first-order chi connectivity index (χ1) is 6.82. The predicted molar refractivity (Wildman–Crippen MR) is 54.2 cm³/mol. The van der Waals surface area contributed by atoms with E-state index in [4.69, 9.17) is 0 Å². The van der Waals surface area contributed by atoms with E-state index in [1.807, 2.05) is 0 Å². The Morgan fingerprint density at radius 1 is 1.27 bits per heavy atom. The number of hydrogen-bond acceptors (Lipinski definition) is 1. The SMILES string of the molecule is C[C@H](Br)C(=O)c1ccc(C(F)(F)F)cc1. The van der Waals surface area contributed by atoms with Gasteiger partial charge in [-0.1, -0.05) is 28.1 Å². The van der Waals surface area contributed by atoms with Crippen molar-refractivity contribution in [2.24, 2.45) is 0 Å². The van der Waals surface area contributed by atoms with Crippen LogP contribution in [0.1, 0.15) is 22.8 Å². The molecule has 0 spiro atoms. The van der Waals surface area contributed by atoms with Crippen molar-refractivity contribution in [1.82, 2.24) is 0 Å². The van der Waals surface area contributed by atoms with Crippen molar-refractivity contribution >= 4 is 21.7 Å². The first-order valence-electron chi connectivity index (χ1n) is 4.18. The van der Waals surface area contributed by atoms with Gasteiger partial charge in [-0.25, -0.2) is 0 Å². The Morgan fingerprint density at radius 3 is 2.07 bits per heavy atom. The van der Waals surface area contributed by atoms with Crippen LogP contribution in [0.25, 0.3) is 0 Å². The van der Waals surface area contributed by atoms with Gasteiger partial charge in [-0.05, 0) is 19.1 Å². The summed E-state index contributed by atoms with van der Waals surface area (Å²) in [7, 11) is 0. The molecule has 0 N–H and O–H groups in total. The maximum atomic E-state index is 12.2. The topological polar surface area (TPSA) is 17.1 Å². The third-order valence-electron chi connectivity index (χ3n) is 1.86. The van der Waals surface area contributed by atoms with Crippen LogP contribution in [0, 0.1) is 0 Å². The summed E-state index contributed by atoms with van der Waals surface area (Å²) in [5.41, 5.74) is -0.478. The van der Waals surface area contributed by atoms with Crippen LogP contribution in [0.2, 0.25) is 0 Å². The van der Waals surface area contributed by atoms with Crippen molar-refractivity contribution in [1.29, 1.82) is 0 Å². The van der Waals surface area contributed by atoms with Gasteiger partial charge >= 0.3 is 6.18 Å². The maximum Gasteiger partial charge on any atom is 0.416 e. The summed E-state index contributed by atoms with van der Waals surface area (Å²) in [5.74, 6) is -0.233. The molecule has 0 radical (unpaired) electrons. The molecule has 0 saturated heterocycles. The summed E-state index contributed by atoms with van der Waals surface area (Å²) in [5, 5.41) is 0. The van der Waals surface area contributed by atoms with E-state index >= 15 is 0 Å². The van der Waals surface area contributed by atoms with E-state index in [9.17, 15) is 18.0 Å². The zero-order chi connectivity index (χ0) is 11.6. The van der Waals surface area contributed by atoms with Crippen molar-refractivity contribution in [2.45, 2.75) is 17.9 Å². The number of Topliss-reactive ketones (excluding diaryl/α,β-unsaturated/α-hetero) is 1. The Hall–Kier alpha value is -0.840. The molecule has 82 valence electrons. The fraction of sp³-hybridized carbons (Fsp3) is 0.300. The van der Waals surface area contributed by atoms with Gasteiger partial charge in [-0.15, -0.1) is 0 Å². The Bertz CT molecular complexity index is 354. The summed E-state index contributed by atoms with van der Waals surface area (Å²) in [6.07, 6.45) is -4.36. The minimum absolute atomic E-state index is 0.233. The molecule has 0 unspecified atom stereocenters. The molecule has 15 heavy (non-hydrogen) atoms. The minimum Gasteiger partial charge on any atom is -0.293 e. The van der Waals surface area contributed by atoms with Crippen LogP contribution in [0.4, 0.5) is 13.2 Å². The summed E-state index contributed by atoms with van der Waals surface area (Å²) >= 11 is 3.06. The Morgan fingerprint density at radius 2 is 1.73 bits per heavy atom. The van der Waals surface area contributed by atoms with Crippen LogP contribution in [-0.4, -0.2) is 10.6 Å². The standard InChI is InChI=1S/C10H8BrF3O/c1-6(11)9(15)7-2-4-8(5-3-7)10(12,13)14/h2-6H,1H3/t6-/m0/s1. The molecule has 0 aliphatic rings. The molecule has 0 aromatic heterocycles. The molecule has 1 nitrogen and oxygen atoms in total. The number of rotatable bonds is 2. The van der Waals surface area contributed by atoms with Crippen molar-refractivity contribution in [3.05, 3.63) is 35.4 Å². The maximum absolute atomic E-state index is 12.2. The van der Waals surface area contributed by atoms with E-state index in [-0.39, 0.29) is 11.3 Å². The highest BCUT2D eigenvalue weighted by atomic mass is 79.9. The van der Waals surface area contributed by atoms with Gasteiger partial charge in [0.2, 0.25) is 0 Å². The number of halogens is 4. The Balaban J connectivity index is 2.96. The summed E-state index contributed by atoms with van der Waals surface area (Å²) < 4.78 is 36.6. The molecule has 5 heteroatoms. The number of benzene rings is 1. The zero-order valence-corrected chi connectivity index (χ0v) is 9.39. The lowest BCUT2D eigenvalue weighted by Crippen LogP contribution is -2.11. The lowest BCUT2D eigenvalue weighted by atomic mass is 10.1. The van der Waals surface area contributed by atoms with Crippen LogP contribution in [0.5, 0.6) is 0 Å². The fourth-order valence-corrected chi connectivity index (χ4v) is 1.32. The molecular formula is C10H8BrF3O. The van der Waals surface area contributed by atoms with Gasteiger partial charge < -0.3 is 0 Å². The Kier molecular flexibility index (Phi) is 3.54. The smallest absolute Gasteiger partial charge is 0.293 e. The molecule has 0 amide bonds. The summed E-state index contributed by atoms with van der Waals surface area (Å²) in [6, 6.07) is 4.18. The van der Waals surface area contributed by atoms with Gasteiger partial charge in [0.05, 0.1) is 10.4 Å². The molecule has 0 aliphatic carbocycles. The van der Waals surface area contributed by atoms with Gasteiger partial charge in [0.25, 0.3) is 0 Å². The van der Waals surface area contributed by atoms with Crippen LogP contribution in [0.3, 0.4) is 0 Å². The molecule has 0 saturated carbocycles. The number of carbonyl (C=O) groups is 1. The Labute approximate surface area is 93.4 Å². The minimum atomic E-state index is -4.36. The van der Waals surface area contributed by atoms with Crippen molar-refractivity contribution in [3.63, 3.8) is 0 Å². The van der Waals surface area contributed by atoms with E-state index in [0.29, 0.717) is 0 Å². The molecule has 1 aromatic carbocycles. The molecule has 0 aliphatic heterocycles.